The number of H-pyrrole nitrogens is 3. The second-order valence-electron chi connectivity index (χ2n) is 11.7. The van der Waals surface area contributed by atoms with Gasteiger partial charge in [-0.25, -0.2) is 0 Å². The molecule has 7 heteroatoms. The third-order valence-electron chi connectivity index (χ3n) is 9.87. The molecule has 3 aliphatic rings. The van der Waals surface area contributed by atoms with Crippen molar-refractivity contribution in [2.24, 2.45) is 17.8 Å². The number of aromatic amines is 3. The first-order valence-electron chi connectivity index (χ1n) is 14.4. The quantitative estimate of drug-likeness (QED) is 0.330. The van der Waals surface area contributed by atoms with E-state index < -0.39 is 11.9 Å². The van der Waals surface area contributed by atoms with Gasteiger partial charge in [0.15, 0.2) is 0 Å². The van der Waals surface area contributed by atoms with Crippen LogP contribution in [-0.2, 0) is 16.0 Å². The van der Waals surface area contributed by atoms with Gasteiger partial charge in [-0.15, -0.1) is 0 Å². The lowest BCUT2D eigenvalue weighted by Gasteiger charge is -2.25. The molecule has 0 radical (unpaired) electrons. The van der Waals surface area contributed by atoms with Crippen molar-refractivity contribution in [2.75, 3.05) is 7.11 Å². The van der Waals surface area contributed by atoms with Gasteiger partial charge in [-0.05, 0) is 91.7 Å². The Hall–Kier alpha value is -3.87. The van der Waals surface area contributed by atoms with Crippen LogP contribution in [0.15, 0.2) is 5.70 Å². The number of nitrogens with one attached hydrogen (secondary N) is 4. The van der Waals surface area contributed by atoms with Gasteiger partial charge >= 0.3 is 5.97 Å². The Bertz CT molecular complexity index is 1850. The smallest absolute Gasteiger partial charge is 0.320 e. The molecule has 6 rings (SSSR count). The fourth-order valence-corrected chi connectivity index (χ4v) is 7.30. The van der Waals surface area contributed by atoms with Gasteiger partial charge in [0.25, 0.3) is 0 Å². The summed E-state index contributed by atoms with van der Waals surface area (Å²) >= 11 is 0. The van der Waals surface area contributed by atoms with E-state index in [0.29, 0.717) is 0 Å². The molecule has 0 spiro atoms. The largest absolute Gasteiger partial charge is 0.510 e. The van der Waals surface area contributed by atoms with Gasteiger partial charge in [0.2, 0.25) is 0 Å². The maximum atomic E-state index is 13.2. The second-order valence-corrected chi connectivity index (χ2v) is 11.7. The summed E-state index contributed by atoms with van der Waals surface area (Å²) in [6, 6.07) is -0.134. The van der Waals surface area contributed by atoms with Crippen LogP contribution in [0, 0.1) is 45.4 Å². The van der Waals surface area contributed by atoms with E-state index in [9.17, 15) is 9.90 Å². The Kier molecular flexibility index (Phi) is 6.17. The summed E-state index contributed by atoms with van der Waals surface area (Å²) in [5.74, 6) is -0.730. The van der Waals surface area contributed by atoms with E-state index in [-0.39, 0.29) is 23.6 Å². The number of hydrogen-bond donors (Lipinski definition) is 5. The summed E-state index contributed by atoms with van der Waals surface area (Å²) in [4.78, 5) is 24.2. The third-order valence-corrected chi connectivity index (χ3v) is 9.87. The molecule has 8 bridgehead atoms. The van der Waals surface area contributed by atoms with Crippen LogP contribution in [-0.4, -0.2) is 39.2 Å². The third kappa shape index (κ3) is 3.59. The van der Waals surface area contributed by atoms with Crippen LogP contribution in [0.3, 0.4) is 0 Å². The van der Waals surface area contributed by atoms with E-state index in [2.05, 4.69) is 80.0 Å². The van der Waals surface area contributed by atoms with Crippen molar-refractivity contribution < 1.29 is 14.6 Å². The molecule has 0 amide bonds. The molecule has 0 saturated carbocycles. The Morgan fingerprint density at radius 2 is 1.55 bits per heavy atom. The highest BCUT2D eigenvalue weighted by Crippen LogP contribution is 2.41. The van der Waals surface area contributed by atoms with Gasteiger partial charge < -0.3 is 30.1 Å². The lowest BCUT2D eigenvalue weighted by atomic mass is 9.81. The molecule has 7 nitrogen and oxygen atoms in total. The normalized spacial score (nSPS) is 26.1. The molecule has 5 N–H and O–H groups in total. The molecule has 1 fully saturated rings. The minimum Gasteiger partial charge on any atom is -0.510 e. The molecular formula is C33H40N4O3. The Labute approximate surface area is 234 Å². The molecule has 3 aromatic rings. The van der Waals surface area contributed by atoms with Crippen molar-refractivity contribution in [2.45, 2.75) is 67.3 Å². The number of carbonyl (C=O) groups excluding carboxylic acids is 1. The number of rotatable bonds is 3. The van der Waals surface area contributed by atoms with E-state index in [4.69, 9.17) is 4.74 Å². The first kappa shape index (κ1) is 26.4. The summed E-state index contributed by atoms with van der Waals surface area (Å²) in [7, 11) is 1.39. The number of methoxy groups -OCH3 is 1. The van der Waals surface area contributed by atoms with E-state index in [0.717, 1.165) is 68.0 Å². The second kappa shape index (κ2) is 9.36. The summed E-state index contributed by atoms with van der Waals surface area (Å²) < 4.78 is 5.23. The number of aliphatic hydroxyl groups is 1. The number of hydrogen-bond acceptors (Lipinski definition) is 4. The standard InChI is InChI=1S/C33H40N4O3/c1-9-19-16(5)23-11-21-14(3)15(4)22(34-21)12-24-17(6)20(10-2)30(36-24)28-29(33(39)40-8)32(38)27-18(7)25(37-31(27)28)13-26(19)35-23/h11-13,17,20,29-30,34-38H,9-10H2,1-8H3/b23-11-,24-12+,26-13-/t17-,20-,29+,30?/m0/s1. The molecule has 210 valence electrons. The van der Waals surface area contributed by atoms with Gasteiger partial charge in [0, 0.05) is 44.6 Å². The predicted octanol–water partition coefficient (Wildman–Crippen LogP) is 2.73. The zero-order valence-corrected chi connectivity index (χ0v) is 24.7. The van der Waals surface area contributed by atoms with Gasteiger partial charge in [0.05, 0.1) is 18.5 Å². The summed E-state index contributed by atoms with van der Waals surface area (Å²) in [6.07, 6.45) is 8.41. The number of carbonyl (C=O) groups is 1. The van der Waals surface area contributed by atoms with Crippen LogP contribution in [0.1, 0.15) is 72.1 Å². The first-order valence-corrected chi connectivity index (χ1v) is 14.4. The maximum Gasteiger partial charge on any atom is 0.320 e. The number of aliphatic hydroxyl groups excluding tert-OH is 1. The van der Waals surface area contributed by atoms with Crippen LogP contribution >= 0.6 is 0 Å². The molecule has 1 saturated heterocycles. The van der Waals surface area contributed by atoms with Crippen molar-refractivity contribution in [3.05, 3.63) is 71.9 Å². The SMILES string of the molecule is CCc1c(C)/c2[nH]/c1=C\c1[nH]c3c(c1C)=C(O)[C@H](C(=O)OC)C=3C1N/C(=C/c3[nH]c(c(C)c3C)\C=2)[C@@H](C)[C@@H]1CC. The van der Waals surface area contributed by atoms with E-state index in [1.54, 1.807) is 0 Å². The van der Waals surface area contributed by atoms with Gasteiger partial charge in [-0.2, -0.15) is 0 Å². The molecule has 2 aliphatic heterocycles. The average Bonchev–Trinajstić information content (AvgIpc) is 3.66. The minimum atomic E-state index is -0.836. The summed E-state index contributed by atoms with van der Waals surface area (Å²) in [5.41, 5.74) is 11.0. The fourth-order valence-electron chi connectivity index (χ4n) is 7.30. The van der Waals surface area contributed by atoms with Crippen molar-refractivity contribution in [1.82, 2.24) is 20.3 Å². The Morgan fingerprint density at radius 3 is 2.20 bits per heavy atom. The van der Waals surface area contributed by atoms with Crippen molar-refractivity contribution in [1.29, 1.82) is 0 Å². The number of allylic oxidation sites excluding steroid dienone is 1. The molecule has 0 aromatic carbocycles. The minimum absolute atomic E-state index is 0.0704. The Balaban J connectivity index is 1.75. The number of ether oxygens (including phenoxy) is 1. The van der Waals surface area contributed by atoms with Gasteiger partial charge in [0.1, 0.15) is 11.7 Å². The number of fused-ring (bicyclic) bond motifs is 8. The lowest BCUT2D eigenvalue weighted by molar-refractivity contribution is -0.142. The molecule has 1 unspecified atom stereocenters. The monoisotopic (exact) mass is 540 g/mol. The van der Waals surface area contributed by atoms with Crippen molar-refractivity contribution >= 4 is 35.5 Å². The van der Waals surface area contributed by atoms with Crippen molar-refractivity contribution in [3.63, 3.8) is 0 Å². The average molecular weight is 541 g/mol. The van der Waals surface area contributed by atoms with E-state index in [1.165, 1.54) is 29.4 Å². The molecule has 4 atom stereocenters. The molecule has 3 aromatic heterocycles. The van der Waals surface area contributed by atoms with Gasteiger partial charge in [-0.3, -0.25) is 4.79 Å². The molecule has 1 aliphatic carbocycles. The first-order chi connectivity index (χ1) is 19.1. The fraction of sp³-hybridized carbons (Fsp3) is 0.424. The summed E-state index contributed by atoms with van der Waals surface area (Å²) in [5, 5.41) is 19.0. The van der Waals surface area contributed by atoms with Crippen LogP contribution < -0.4 is 26.6 Å². The molecule has 40 heavy (non-hydrogen) atoms. The Morgan fingerprint density at radius 1 is 0.900 bits per heavy atom. The van der Waals surface area contributed by atoms with Gasteiger partial charge in [-0.1, -0.05) is 27.2 Å². The van der Waals surface area contributed by atoms with E-state index in [1.807, 2.05) is 6.92 Å². The predicted molar refractivity (Wildman–Crippen MR) is 159 cm³/mol. The highest BCUT2D eigenvalue weighted by Gasteiger charge is 2.46. The molecule has 5 heterocycles. The van der Waals surface area contributed by atoms with Crippen LogP contribution in [0.25, 0.3) is 29.6 Å². The lowest BCUT2D eigenvalue weighted by Crippen LogP contribution is -2.37. The summed E-state index contributed by atoms with van der Waals surface area (Å²) in [6.45, 7) is 15.1. The molecular weight excluding hydrogens is 500 g/mol. The van der Waals surface area contributed by atoms with Crippen LogP contribution in [0.4, 0.5) is 0 Å². The number of aromatic nitrogens is 3. The zero-order chi connectivity index (χ0) is 28.6. The topological polar surface area (TPSA) is 106 Å². The zero-order valence-electron chi connectivity index (χ0n) is 24.7. The van der Waals surface area contributed by atoms with Crippen molar-refractivity contribution in [3.8, 4) is 0 Å². The van der Waals surface area contributed by atoms with Crippen LogP contribution in [0.2, 0.25) is 0 Å². The maximum absolute atomic E-state index is 13.2. The highest BCUT2D eigenvalue weighted by atomic mass is 16.5. The van der Waals surface area contributed by atoms with E-state index >= 15 is 0 Å². The van der Waals surface area contributed by atoms with Crippen LogP contribution in [0.5, 0.6) is 0 Å². The highest BCUT2D eigenvalue weighted by molar-refractivity contribution is 5.95. The number of esters is 1.